The van der Waals surface area contributed by atoms with Crippen molar-refractivity contribution in [3.05, 3.63) is 53.5 Å². The summed E-state index contributed by atoms with van der Waals surface area (Å²) in [6.07, 6.45) is 0. The molecule has 0 spiro atoms. The van der Waals surface area contributed by atoms with Crippen LogP contribution in [0.3, 0.4) is 0 Å². The van der Waals surface area contributed by atoms with Gasteiger partial charge in [-0.25, -0.2) is 5.43 Å². The van der Waals surface area contributed by atoms with Crippen molar-refractivity contribution in [1.29, 1.82) is 0 Å². The predicted octanol–water partition coefficient (Wildman–Crippen LogP) is 3.14. The minimum absolute atomic E-state index is 0.277. The number of hydrazone groups is 1. The van der Waals surface area contributed by atoms with Crippen molar-refractivity contribution >= 4 is 11.6 Å². The Morgan fingerprint density at radius 1 is 1.24 bits per heavy atom. The van der Waals surface area contributed by atoms with E-state index in [4.69, 9.17) is 9.15 Å². The Hall–Kier alpha value is -2.56. The molecule has 110 valence electrons. The maximum Gasteiger partial charge on any atom is 0.271 e. The van der Waals surface area contributed by atoms with Crippen molar-refractivity contribution in [2.45, 2.75) is 20.8 Å². The molecule has 0 aliphatic heterocycles. The van der Waals surface area contributed by atoms with Crippen LogP contribution in [0.15, 0.2) is 45.9 Å². The third-order valence-corrected chi connectivity index (χ3v) is 2.85. The minimum Gasteiger partial charge on any atom is -0.494 e. The van der Waals surface area contributed by atoms with Gasteiger partial charge in [-0.1, -0.05) is 0 Å². The van der Waals surface area contributed by atoms with E-state index in [0.717, 1.165) is 11.5 Å². The molecule has 1 amide bonds. The zero-order valence-electron chi connectivity index (χ0n) is 12.3. The van der Waals surface area contributed by atoms with Crippen LogP contribution in [0.25, 0.3) is 0 Å². The summed E-state index contributed by atoms with van der Waals surface area (Å²) in [7, 11) is 0. The molecule has 0 fully saturated rings. The number of hydrogen-bond donors (Lipinski definition) is 1. The van der Waals surface area contributed by atoms with E-state index in [1.54, 1.807) is 31.2 Å². The van der Waals surface area contributed by atoms with Crippen LogP contribution in [-0.4, -0.2) is 18.2 Å². The monoisotopic (exact) mass is 286 g/mol. The normalized spacial score (nSPS) is 11.3. The highest BCUT2D eigenvalue weighted by Crippen LogP contribution is 2.12. The molecule has 5 heteroatoms. The molecule has 1 aromatic carbocycles. The van der Waals surface area contributed by atoms with Crippen LogP contribution >= 0.6 is 0 Å². The van der Waals surface area contributed by atoms with Crippen molar-refractivity contribution in [3.63, 3.8) is 0 Å². The Labute approximate surface area is 123 Å². The molecule has 0 aliphatic rings. The van der Waals surface area contributed by atoms with Crippen molar-refractivity contribution in [2.75, 3.05) is 6.61 Å². The van der Waals surface area contributed by atoms with Crippen LogP contribution in [0.5, 0.6) is 5.75 Å². The van der Waals surface area contributed by atoms with Crippen molar-refractivity contribution in [1.82, 2.24) is 5.43 Å². The molecule has 2 rings (SSSR count). The largest absolute Gasteiger partial charge is 0.494 e. The molecule has 1 heterocycles. The number of carbonyl (C=O) groups is 1. The Morgan fingerprint density at radius 3 is 2.52 bits per heavy atom. The van der Waals surface area contributed by atoms with Crippen molar-refractivity contribution in [2.24, 2.45) is 5.10 Å². The van der Waals surface area contributed by atoms with Crippen LogP contribution in [0, 0.1) is 6.92 Å². The number of aryl methyl sites for hydroxylation is 1. The van der Waals surface area contributed by atoms with Gasteiger partial charge in [0, 0.05) is 5.56 Å². The number of carbonyl (C=O) groups excluding carboxylic acids is 1. The van der Waals surface area contributed by atoms with Crippen LogP contribution < -0.4 is 10.2 Å². The highest BCUT2D eigenvalue weighted by atomic mass is 16.5. The average Bonchev–Trinajstić information content (AvgIpc) is 2.92. The SMILES string of the molecule is CCOc1ccc(C(=O)N/N=C(/C)c2ccc(C)o2)cc1. The number of rotatable bonds is 5. The van der Waals surface area contributed by atoms with E-state index in [-0.39, 0.29) is 5.91 Å². The molecule has 0 atom stereocenters. The van der Waals surface area contributed by atoms with E-state index in [2.05, 4.69) is 10.5 Å². The number of benzene rings is 1. The maximum atomic E-state index is 12.0. The number of nitrogens with zero attached hydrogens (tertiary/aromatic N) is 1. The molecular weight excluding hydrogens is 268 g/mol. The highest BCUT2D eigenvalue weighted by Gasteiger charge is 2.06. The number of amides is 1. The predicted molar refractivity (Wildman–Crippen MR) is 80.7 cm³/mol. The highest BCUT2D eigenvalue weighted by molar-refractivity contribution is 5.99. The number of hydrogen-bond acceptors (Lipinski definition) is 4. The fourth-order valence-electron chi connectivity index (χ4n) is 1.75. The number of furan rings is 1. The zero-order chi connectivity index (χ0) is 15.2. The first-order valence-electron chi connectivity index (χ1n) is 6.74. The number of nitrogens with one attached hydrogen (secondary N) is 1. The summed E-state index contributed by atoms with van der Waals surface area (Å²) in [6, 6.07) is 10.6. The molecular formula is C16H18N2O3. The molecule has 0 radical (unpaired) electrons. The van der Waals surface area contributed by atoms with Gasteiger partial charge < -0.3 is 9.15 Å². The second-order valence-electron chi connectivity index (χ2n) is 4.51. The summed E-state index contributed by atoms with van der Waals surface area (Å²) in [5.74, 6) is 1.90. The fourth-order valence-corrected chi connectivity index (χ4v) is 1.75. The molecule has 0 bridgehead atoms. The molecule has 1 N–H and O–H groups in total. The lowest BCUT2D eigenvalue weighted by Crippen LogP contribution is -2.19. The first-order valence-corrected chi connectivity index (χ1v) is 6.74. The first kappa shape index (κ1) is 14.8. The van der Waals surface area contributed by atoms with Crippen LogP contribution in [-0.2, 0) is 0 Å². The summed E-state index contributed by atoms with van der Waals surface area (Å²) in [4.78, 5) is 12.0. The number of ether oxygens (including phenoxy) is 1. The molecule has 0 saturated heterocycles. The molecule has 21 heavy (non-hydrogen) atoms. The third-order valence-electron chi connectivity index (χ3n) is 2.85. The Balaban J connectivity index is 2.00. The summed E-state index contributed by atoms with van der Waals surface area (Å²) in [5.41, 5.74) is 3.64. The Morgan fingerprint density at radius 2 is 1.95 bits per heavy atom. The fraction of sp³-hybridized carbons (Fsp3) is 0.250. The van der Waals surface area contributed by atoms with Gasteiger partial charge >= 0.3 is 0 Å². The van der Waals surface area contributed by atoms with Crippen LogP contribution in [0.2, 0.25) is 0 Å². The van der Waals surface area contributed by atoms with Gasteiger partial charge in [0.2, 0.25) is 0 Å². The first-order chi connectivity index (χ1) is 10.1. The quantitative estimate of drug-likeness (QED) is 0.678. The Bertz CT molecular complexity index is 642. The van der Waals surface area contributed by atoms with Gasteiger partial charge in [0.05, 0.1) is 6.61 Å². The van der Waals surface area contributed by atoms with E-state index >= 15 is 0 Å². The van der Waals surface area contributed by atoms with E-state index < -0.39 is 0 Å². The van der Waals surface area contributed by atoms with Crippen LogP contribution in [0.4, 0.5) is 0 Å². The topological polar surface area (TPSA) is 63.8 Å². The molecule has 2 aromatic rings. The van der Waals surface area contributed by atoms with Gasteiger partial charge in [0.15, 0.2) is 0 Å². The van der Waals surface area contributed by atoms with Crippen molar-refractivity contribution in [3.8, 4) is 5.75 Å². The van der Waals surface area contributed by atoms with Gasteiger partial charge in [-0.2, -0.15) is 5.10 Å². The smallest absolute Gasteiger partial charge is 0.271 e. The molecule has 0 unspecified atom stereocenters. The second kappa shape index (κ2) is 6.74. The summed E-state index contributed by atoms with van der Waals surface area (Å²) < 4.78 is 10.8. The lowest BCUT2D eigenvalue weighted by Gasteiger charge is -2.04. The molecule has 0 aliphatic carbocycles. The molecule has 0 saturated carbocycles. The molecule has 5 nitrogen and oxygen atoms in total. The molecule has 1 aromatic heterocycles. The van der Waals surface area contributed by atoms with Gasteiger partial charge in [0.25, 0.3) is 5.91 Å². The van der Waals surface area contributed by atoms with Crippen molar-refractivity contribution < 1.29 is 13.9 Å². The maximum absolute atomic E-state index is 12.0. The van der Waals surface area contributed by atoms with Gasteiger partial charge in [-0.3, -0.25) is 4.79 Å². The summed E-state index contributed by atoms with van der Waals surface area (Å²) in [6.45, 7) is 6.14. The average molecular weight is 286 g/mol. The zero-order valence-corrected chi connectivity index (χ0v) is 12.3. The van der Waals surface area contributed by atoms with Gasteiger partial charge in [-0.05, 0) is 57.2 Å². The summed E-state index contributed by atoms with van der Waals surface area (Å²) >= 11 is 0. The Kier molecular flexibility index (Phi) is 4.77. The van der Waals surface area contributed by atoms with Gasteiger partial charge in [0.1, 0.15) is 23.0 Å². The van der Waals surface area contributed by atoms with Crippen LogP contribution in [0.1, 0.15) is 35.7 Å². The van der Waals surface area contributed by atoms with E-state index in [9.17, 15) is 4.79 Å². The van der Waals surface area contributed by atoms with E-state index in [1.807, 2.05) is 26.0 Å². The van der Waals surface area contributed by atoms with E-state index in [1.165, 1.54) is 0 Å². The van der Waals surface area contributed by atoms with Gasteiger partial charge in [-0.15, -0.1) is 0 Å². The second-order valence-corrected chi connectivity index (χ2v) is 4.51. The van der Waals surface area contributed by atoms with E-state index in [0.29, 0.717) is 23.6 Å². The third kappa shape index (κ3) is 3.95. The minimum atomic E-state index is -0.277. The lowest BCUT2D eigenvalue weighted by molar-refractivity contribution is 0.0955. The summed E-state index contributed by atoms with van der Waals surface area (Å²) in [5, 5.41) is 4.03. The standard InChI is InChI=1S/C16H18N2O3/c1-4-20-14-8-6-13(7-9-14)16(19)18-17-12(3)15-10-5-11(2)21-15/h5-10H,4H2,1-3H3,(H,18,19)/b17-12-. The lowest BCUT2D eigenvalue weighted by atomic mass is 10.2.